The summed E-state index contributed by atoms with van der Waals surface area (Å²) >= 11 is 4.09. The number of amidine groups is 1. The van der Waals surface area contributed by atoms with Crippen LogP contribution in [0.15, 0.2) is 4.99 Å². The SMILES string of the molecule is C1CCC2(CC1)CN=C(NC1CCSCC1)SC2. The first-order valence-electron chi connectivity index (χ1n) is 7.38. The van der Waals surface area contributed by atoms with Crippen LogP contribution in [-0.4, -0.2) is 35.0 Å². The van der Waals surface area contributed by atoms with Crippen LogP contribution in [0.25, 0.3) is 0 Å². The minimum Gasteiger partial charge on any atom is -0.362 e. The molecule has 1 N–H and O–H groups in total. The number of hydrogen-bond donors (Lipinski definition) is 1. The predicted octanol–water partition coefficient (Wildman–Crippen LogP) is 3.52. The van der Waals surface area contributed by atoms with E-state index in [4.69, 9.17) is 4.99 Å². The Hall–Kier alpha value is 0.170. The standard InChI is InChI=1S/C14H24N2S2/c1-2-6-14(7-3-1)10-15-13(18-11-14)16-12-4-8-17-9-5-12/h12H,1-11H2,(H,15,16). The molecule has 2 nitrogen and oxygen atoms in total. The summed E-state index contributed by atoms with van der Waals surface area (Å²) in [5.74, 6) is 3.94. The van der Waals surface area contributed by atoms with Crippen LogP contribution in [0, 0.1) is 5.41 Å². The fraction of sp³-hybridized carbons (Fsp3) is 0.929. The van der Waals surface area contributed by atoms with E-state index >= 15 is 0 Å². The number of rotatable bonds is 1. The molecule has 4 heteroatoms. The summed E-state index contributed by atoms with van der Waals surface area (Å²) in [4.78, 5) is 4.86. The molecule has 3 rings (SSSR count). The predicted molar refractivity (Wildman–Crippen MR) is 83.8 cm³/mol. The van der Waals surface area contributed by atoms with Gasteiger partial charge < -0.3 is 5.32 Å². The van der Waals surface area contributed by atoms with Gasteiger partial charge in [0.05, 0.1) is 0 Å². The van der Waals surface area contributed by atoms with Gasteiger partial charge in [0, 0.05) is 18.3 Å². The lowest BCUT2D eigenvalue weighted by Crippen LogP contribution is -2.41. The second kappa shape index (κ2) is 6.08. The second-order valence-corrected chi connectivity index (χ2v) is 8.19. The summed E-state index contributed by atoms with van der Waals surface area (Å²) in [7, 11) is 0. The highest BCUT2D eigenvalue weighted by Crippen LogP contribution is 2.41. The molecule has 1 saturated carbocycles. The summed E-state index contributed by atoms with van der Waals surface area (Å²) in [5.41, 5.74) is 0.566. The molecule has 0 aromatic heterocycles. The Bertz CT molecular complexity index is 305. The van der Waals surface area contributed by atoms with E-state index < -0.39 is 0 Å². The van der Waals surface area contributed by atoms with Crippen LogP contribution in [-0.2, 0) is 0 Å². The number of nitrogens with one attached hydrogen (secondary N) is 1. The molecule has 2 aliphatic heterocycles. The molecule has 0 amide bonds. The van der Waals surface area contributed by atoms with Crippen molar-refractivity contribution < 1.29 is 0 Å². The smallest absolute Gasteiger partial charge is 0.156 e. The average molecular weight is 284 g/mol. The number of hydrogen-bond acceptors (Lipinski definition) is 4. The van der Waals surface area contributed by atoms with E-state index in [0.29, 0.717) is 11.5 Å². The zero-order chi connectivity index (χ0) is 12.3. The first kappa shape index (κ1) is 13.2. The molecule has 2 heterocycles. The van der Waals surface area contributed by atoms with Crippen molar-refractivity contribution in [3.05, 3.63) is 0 Å². The van der Waals surface area contributed by atoms with Gasteiger partial charge in [-0.15, -0.1) is 0 Å². The number of thioether (sulfide) groups is 2. The molecule has 3 aliphatic rings. The van der Waals surface area contributed by atoms with Gasteiger partial charge in [0.2, 0.25) is 0 Å². The fourth-order valence-corrected chi connectivity index (χ4v) is 5.60. The molecule has 18 heavy (non-hydrogen) atoms. The van der Waals surface area contributed by atoms with Gasteiger partial charge >= 0.3 is 0 Å². The molecule has 0 atom stereocenters. The van der Waals surface area contributed by atoms with Gasteiger partial charge in [-0.1, -0.05) is 31.0 Å². The van der Waals surface area contributed by atoms with Crippen LogP contribution in [0.1, 0.15) is 44.9 Å². The monoisotopic (exact) mass is 284 g/mol. The Morgan fingerprint density at radius 3 is 2.56 bits per heavy atom. The molecule has 1 spiro atoms. The van der Waals surface area contributed by atoms with E-state index in [1.807, 2.05) is 11.8 Å². The van der Waals surface area contributed by atoms with Crippen molar-refractivity contribution in [1.29, 1.82) is 0 Å². The van der Waals surface area contributed by atoms with E-state index in [-0.39, 0.29) is 0 Å². The average Bonchev–Trinajstić information content (AvgIpc) is 2.44. The van der Waals surface area contributed by atoms with Crippen molar-refractivity contribution in [1.82, 2.24) is 5.32 Å². The van der Waals surface area contributed by atoms with Crippen molar-refractivity contribution in [3.63, 3.8) is 0 Å². The molecular weight excluding hydrogens is 260 g/mol. The maximum absolute atomic E-state index is 4.86. The maximum atomic E-state index is 4.86. The third-order valence-corrected chi connectivity index (χ3v) is 6.86. The van der Waals surface area contributed by atoms with Crippen molar-refractivity contribution in [2.75, 3.05) is 23.8 Å². The minimum absolute atomic E-state index is 0.566. The second-order valence-electron chi connectivity index (χ2n) is 6.00. The van der Waals surface area contributed by atoms with Crippen molar-refractivity contribution >= 4 is 28.7 Å². The van der Waals surface area contributed by atoms with Crippen LogP contribution in [0.2, 0.25) is 0 Å². The summed E-state index contributed by atoms with van der Waals surface area (Å²) in [6.07, 6.45) is 9.76. The normalized spacial score (nSPS) is 29.0. The van der Waals surface area contributed by atoms with Gasteiger partial charge in [-0.3, -0.25) is 4.99 Å². The Labute approximate surface area is 119 Å². The van der Waals surface area contributed by atoms with Crippen molar-refractivity contribution in [3.8, 4) is 0 Å². The lowest BCUT2D eigenvalue weighted by atomic mass is 9.75. The minimum atomic E-state index is 0.566. The molecule has 1 aliphatic carbocycles. The van der Waals surface area contributed by atoms with Crippen LogP contribution < -0.4 is 5.32 Å². The third kappa shape index (κ3) is 3.19. The Kier molecular flexibility index (Phi) is 4.45. The summed E-state index contributed by atoms with van der Waals surface area (Å²) in [5, 5.41) is 4.92. The molecule has 0 unspecified atom stereocenters. The Morgan fingerprint density at radius 1 is 1.11 bits per heavy atom. The van der Waals surface area contributed by atoms with Crippen LogP contribution >= 0.6 is 23.5 Å². The molecule has 2 fully saturated rings. The van der Waals surface area contributed by atoms with Crippen LogP contribution in [0.3, 0.4) is 0 Å². The van der Waals surface area contributed by atoms with Gasteiger partial charge in [0.25, 0.3) is 0 Å². The lowest BCUT2D eigenvalue weighted by Gasteiger charge is -2.39. The third-order valence-electron chi connectivity index (χ3n) is 4.54. The summed E-state index contributed by atoms with van der Waals surface area (Å²) in [6, 6.07) is 0.693. The summed E-state index contributed by atoms with van der Waals surface area (Å²) < 4.78 is 0. The van der Waals surface area contributed by atoms with E-state index in [2.05, 4.69) is 17.1 Å². The van der Waals surface area contributed by atoms with Crippen molar-refractivity contribution in [2.24, 2.45) is 10.4 Å². The molecule has 0 bridgehead atoms. The zero-order valence-corrected chi connectivity index (χ0v) is 12.8. The molecule has 0 radical (unpaired) electrons. The zero-order valence-electron chi connectivity index (χ0n) is 11.1. The summed E-state index contributed by atoms with van der Waals surface area (Å²) in [6.45, 7) is 1.09. The fourth-order valence-electron chi connectivity index (χ4n) is 3.26. The highest BCUT2D eigenvalue weighted by Gasteiger charge is 2.35. The molecule has 1 saturated heterocycles. The van der Waals surface area contributed by atoms with E-state index in [9.17, 15) is 0 Å². The van der Waals surface area contributed by atoms with Crippen LogP contribution in [0.5, 0.6) is 0 Å². The lowest BCUT2D eigenvalue weighted by molar-refractivity contribution is 0.232. The largest absolute Gasteiger partial charge is 0.362 e. The quantitative estimate of drug-likeness (QED) is 0.797. The molecule has 102 valence electrons. The van der Waals surface area contributed by atoms with Crippen molar-refractivity contribution in [2.45, 2.75) is 51.0 Å². The molecule has 0 aromatic rings. The first-order chi connectivity index (χ1) is 8.86. The van der Waals surface area contributed by atoms with Gasteiger partial charge in [-0.25, -0.2) is 0 Å². The van der Waals surface area contributed by atoms with E-state index in [0.717, 1.165) is 6.54 Å². The van der Waals surface area contributed by atoms with Gasteiger partial charge in [-0.05, 0) is 42.6 Å². The molecular formula is C14H24N2S2. The maximum Gasteiger partial charge on any atom is 0.156 e. The molecule has 0 aromatic carbocycles. The Balaban J connectivity index is 1.52. The van der Waals surface area contributed by atoms with E-state index in [1.54, 1.807) is 0 Å². The van der Waals surface area contributed by atoms with Gasteiger partial charge in [-0.2, -0.15) is 11.8 Å². The number of nitrogens with zero attached hydrogens (tertiary/aromatic N) is 1. The van der Waals surface area contributed by atoms with Gasteiger partial charge in [0.15, 0.2) is 5.17 Å². The Morgan fingerprint density at radius 2 is 1.89 bits per heavy atom. The topological polar surface area (TPSA) is 24.4 Å². The number of aliphatic imine (C=N–C) groups is 1. The van der Waals surface area contributed by atoms with Crippen LogP contribution in [0.4, 0.5) is 0 Å². The van der Waals surface area contributed by atoms with E-state index in [1.165, 1.54) is 67.4 Å². The highest BCUT2D eigenvalue weighted by molar-refractivity contribution is 8.13. The first-order valence-corrected chi connectivity index (χ1v) is 9.52. The highest BCUT2D eigenvalue weighted by atomic mass is 32.2. The van der Waals surface area contributed by atoms with Gasteiger partial charge in [0.1, 0.15) is 0 Å².